The molecule has 0 amide bonds. The Morgan fingerprint density at radius 1 is 1.31 bits per heavy atom. The van der Waals surface area contributed by atoms with Gasteiger partial charge in [-0.2, -0.15) is 10.2 Å². The molecule has 0 aliphatic rings. The van der Waals surface area contributed by atoms with Crippen molar-refractivity contribution in [3.05, 3.63) is 35.5 Å². The first-order valence-corrected chi connectivity index (χ1v) is 5.99. The van der Waals surface area contributed by atoms with Gasteiger partial charge in [0.15, 0.2) is 10.8 Å². The summed E-state index contributed by atoms with van der Waals surface area (Å²) in [6.45, 7) is 2.02. The quantitative estimate of drug-likeness (QED) is 0.743. The fourth-order valence-corrected chi connectivity index (χ4v) is 1.78. The summed E-state index contributed by atoms with van der Waals surface area (Å²) in [5.74, 6) is 0.501. The molecule has 16 heavy (non-hydrogen) atoms. The standard InChI is InChI=1S/C12H10N2OS/c1-8-3-5-9(6-4-8)11-14-10(7-13)12(15-11)16-2/h3-6H,1-2H3. The minimum Gasteiger partial charge on any atom is -0.428 e. The van der Waals surface area contributed by atoms with E-state index in [1.807, 2.05) is 43.5 Å². The van der Waals surface area contributed by atoms with E-state index in [9.17, 15) is 0 Å². The zero-order valence-electron chi connectivity index (χ0n) is 9.02. The molecule has 0 aliphatic carbocycles. The number of hydrogen-bond acceptors (Lipinski definition) is 4. The van der Waals surface area contributed by atoms with Crippen molar-refractivity contribution in [2.75, 3.05) is 6.26 Å². The zero-order chi connectivity index (χ0) is 11.5. The molecular weight excluding hydrogens is 220 g/mol. The van der Waals surface area contributed by atoms with Crippen molar-refractivity contribution in [1.82, 2.24) is 4.98 Å². The Hall–Kier alpha value is -1.73. The first-order valence-electron chi connectivity index (χ1n) is 4.76. The summed E-state index contributed by atoms with van der Waals surface area (Å²) in [7, 11) is 0. The van der Waals surface area contributed by atoms with Crippen LogP contribution in [0, 0.1) is 18.3 Å². The van der Waals surface area contributed by atoms with Gasteiger partial charge in [0.1, 0.15) is 6.07 Å². The van der Waals surface area contributed by atoms with E-state index in [1.54, 1.807) is 0 Å². The average Bonchev–Trinajstić information content (AvgIpc) is 2.73. The molecule has 0 saturated heterocycles. The molecule has 80 valence electrons. The summed E-state index contributed by atoms with van der Waals surface area (Å²) in [5.41, 5.74) is 2.42. The first-order chi connectivity index (χ1) is 7.74. The van der Waals surface area contributed by atoms with E-state index in [4.69, 9.17) is 9.68 Å². The molecule has 3 nitrogen and oxygen atoms in total. The second-order valence-corrected chi connectivity index (χ2v) is 4.12. The van der Waals surface area contributed by atoms with E-state index < -0.39 is 0 Å². The third-order valence-corrected chi connectivity index (χ3v) is 2.83. The topological polar surface area (TPSA) is 49.8 Å². The maximum absolute atomic E-state index is 8.87. The third-order valence-electron chi connectivity index (χ3n) is 2.19. The van der Waals surface area contributed by atoms with Crippen LogP contribution in [0.15, 0.2) is 33.8 Å². The second kappa shape index (κ2) is 4.42. The summed E-state index contributed by atoms with van der Waals surface area (Å²) >= 11 is 1.39. The molecule has 2 rings (SSSR count). The van der Waals surface area contributed by atoms with Crippen LogP contribution < -0.4 is 0 Å². The Morgan fingerprint density at radius 2 is 2.00 bits per heavy atom. The van der Waals surface area contributed by atoms with Gasteiger partial charge >= 0.3 is 0 Å². The van der Waals surface area contributed by atoms with Gasteiger partial charge in [-0.05, 0) is 25.3 Å². The van der Waals surface area contributed by atoms with E-state index in [1.165, 1.54) is 17.3 Å². The van der Waals surface area contributed by atoms with Crippen LogP contribution in [0.5, 0.6) is 0 Å². The molecule has 1 aromatic carbocycles. The molecular formula is C12H10N2OS. The lowest BCUT2D eigenvalue weighted by Gasteiger charge is -1.95. The SMILES string of the molecule is CSc1oc(-c2ccc(C)cc2)nc1C#N. The third kappa shape index (κ3) is 1.95. The largest absolute Gasteiger partial charge is 0.428 e. The second-order valence-electron chi connectivity index (χ2n) is 3.34. The summed E-state index contributed by atoms with van der Waals surface area (Å²) in [5, 5.41) is 9.44. The van der Waals surface area contributed by atoms with Gasteiger partial charge in [0.25, 0.3) is 0 Å². The molecule has 0 aliphatic heterocycles. The molecule has 0 spiro atoms. The van der Waals surface area contributed by atoms with E-state index in [-0.39, 0.29) is 0 Å². The van der Waals surface area contributed by atoms with Gasteiger partial charge in [-0.25, -0.2) is 0 Å². The Labute approximate surface area is 98.1 Å². The van der Waals surface area contributed by atoms with Crippen LogP contribution in [0.4, 0.5) is 0 Å². The van der Waals surface area contributed by atoms with Crippen LogP contribution in [0.2, 0.25) is 0 Å². The van der Waals surface area contributed by atoms with Crippen molar-refractivity contribution in [1.29, 1.82) is 5.26 Å². The number of oxazole rings is 1. The number of aromatic nitrogens is 1. The molecule has 1 heterocycles. The van der Waals surface area contributed by atoms with Crippen molar-refractivity contribution >= 4 is 11.8 Å². The fraction of sp³-hybridized carbons (Fsp3) is 0.167. The van der Waals surface area contributed by atoms with Crippen molar-refractivity contribution in [2.24, 2.45) is 0 Å². The van der Waals surface area contributed by atoms with E-state index >= 15 is 0 Å². The zero-order valence-corrected chi connectivity index (χ0v) is 9.84. The number of nitrogens with zero attached hydrogens (tertiary/aromatic N) is 2. The highest BCUT2D eigenvalue weighted by Gasteiger charge is 2.12. The summed E-state index contributed by atoms with van der Waals surface area (Å²) < 4.78 is 5.51. The molecule has 4 heteroatoms. The predicted molar refractivity (Wildman–Crippen MR) is 63.2 cm³/mol. The number of benzene rings is 1. The van der Waals surface area contributed by atoms with Gasteiger partial charge in [0.2, 0.25) is 5.89 Å². The van der Waals surface area contributed by atoms with E-state index in [2.05, 4.69) is 4.98 Å². The number of aryl methyl sites for hydroxylation is 1. The number of rotatable bonds is 2. The lowest BCUT2D eigenvalue weighted by molar-refractivity contribution is 0.483. The van der Waals surface area contributed by atoms with Crippen LogP contribution in [0.1, 0.15) is 11.3 Å². The molecule has 0 bridgehead atoms. The van der Waals surface area contributed by atoms with Crippen molar-refractivity contribution in [3.8, 4) is 17.5 Å². The maximum atomic E-state index is 8.87. The van der Waals surface area contributed by atoms with Gasteiger partial charge < -0.3 is 4.42 Å². The van der Waals surface area contributed by atoms with Crippen molar-refractivity contribution < 1.29 is 4.42 Å². The van der Waals surface area contributed by atoms with Crippen LogP contribution in [0.25, 0.3) is 11.5 Å². The van der Waals surface area contributed by atoms with Crippen LogP contribution in [-0.4, -0.2) is 11.2 Å². The average molecular weight is 230 g/mol. The van der Waals surface area contributed by atoms with E-state index in [0.29, 0.717) is 16.7 Å². The molecule has 2 aromatic rings. The smallest absolute Gasteiger partial charge is 0.228 e. The fourth-order valence-electron chi connectivity index (χ4n) is 1.33. The highest BCUT2D eigenvalue weighted by Crippen LogP contribution is 2.27. The molecule has 0 atom stereocenters. The van der Waals surface area contributed by atoms with Gasteiger partial charge in [-0.15, -0.1) is 0 Å². The van der Waals surface area contributed by atoms with Gasteiger partial charge in [0.05, 0.1) is 0 Å². The van der Waals surface area contributed by atoms with Crippen molar-refractivity contribution in [2.45, 2.75) is 12.0 Å². The first kappa shape index (κ1) is 10.8. The van der Waals surface area contributed by atoms with Crippen LogP contribution in [0.3, 0.4) is 0 Å². The summed E-state index contributed by atoms with van der Waals surface area (Å²) in [6.07, 6.45) is 1.86. The normalized spacial score (nSPS) is 10.1. The highest BCUT2D eigenvalue weighted by molar-refractivity contribution is 7.98. The minimum atomic E-state index is 0.350. The van der Waals surface area contributed by atoms with Crippen LogP contribution >= 0.6 is 11.8 Å². The Balaban J connectivity index is 2.45. The lowest BCUT2D eigenvalue weighted by Crippen LogP contribution is -1.79. The van der Waals surface area contributed by atoms with Gasteiger partial charge in [0, 0.05) is 5.56 Å². The number of hydrogen-bond donors (Lipinski definition) is 0. The molecule has 0 N–H and O–H groups in total. The number of nitriles is 1. The minimum absolute atomic E-state index is 0.350. The molecule has 0 radical (unpaired) electrons. The predicted octanol–water partition coefficient (Wildman–Crippen LogP) is 3.24. The Kier molecular flexibility index (Phi) is 2.97. The van der Waals surface area contributed by atoms with E-state index in [0.717, 1.165) is 5.56 Å². The molecule has 0 fully saturated rings. The number of thioether (sulfide) groups is 1. The van der Waals surface area contributed by atoms with Gasteiger partial charge in [-0.1, -0.05) is 29.5 Å². The molecule has 0 unspecified atom stereocenters. The summed E-state index contributed by atoms with van der Waals surface area (Å²) in [4.78, 5) is 4.15. The molecule has 1 aromatic heterocycles. The van der Waals surface area contributed by atoms with Crippen LogP contribution in [-0.2, 0) is 0 Å². The lowest BCUT2D eigenvalue weighted by atomic mass is 10.1. The highest BCUT2D eigenvalue weighted by atomic mass is 32.2. The Bertz CT molecular complexity index is 537. The Morgan fingerprint density at radius 3 is 2.50 bits per heavy atom. The van der Waals surface area contributed by atoms with Crippen molar-refractivity contribution in [3.63, 3.8) is 0 Å². The van der Waals surface area contributed by atoms with Gasteiger partial charge in [-0.3, -0.25) is 0 Å². The summed E-state index contributed by atoms with van der Waals surface area (Å²) in [6, 6.07) is 9.88. The monoisotopic (exact) mass is 230 g/mol. The maximum Gasteiger partial charge on any atom is 0.228 e. The molecule has 0 saturated carbocycles.